The van der Waals surface area contributed by atoms with Gasteiger partial charge in [0.2, 0.25) is 0 Å². The van der Waals surface area contributed by atoms with Crippen molar-refractivity contribution in [3.05, 3.63) is 94.5 Å². The monoisotopic (exact) mass is 498 g/mol. The Morgan fingerprint density at radius 3 is 2.40 bits per heavy atom. The van der Waals surface area contributed by atoms with Crippen LogP contribution in [0.25, 0.3) is 11.3 Å². The van der Waals surface area contributed by atoms with E-state index in [4.69, 9.17) is 16.6 Å². The molecule has 5 rings (SSSR count). The molecule has 0 radical (unpaired) electrons. The van der Waals surface area contributed by atoms with Gasteiger partial charge in [-0.25, -0.2) is 9.78 Å². The summed E-state index contributed by atoms with van der Waals surface area (Å²) >= 11 is 6.14. The number of anilines is 1. The smallest absolute Gasteiger partial charge is 0.258 e. The number of aromatic nitrogens is 4. The van der Waals surface area contributed by atoms with E-state index in [1.165, 1.54) is 11.6 Å². The Bertz CT molecular complexity index is 1400. The predicted molar refractivity (Wildman–Crippen MR) is 124 cm³/mol. The van der Waals surface area contributed by atoms with Crippen molar-refractivity contribution in [3.63, 3.8) is 0 Å². The van der Waals surface area contributed by atoms with Gasteiger partial charge < -0.3 is 0 Å². The minimum absolute atomic E-state index is 0.152. The number of hydrogen-bond acceptors (Lipinski definition) is 4. The summed E-state index contributed by atoms with van der Waals surface area (Å²) in [4.78, 5) is 18.2. The molecule has 1 unspecified atom stereocenters. The lowest BCUT2D eigenvalue weighted by Crippen LogP contribution is -2.44. The van der Waals surface area contributed by atoms with Gasteiger partial charge in [0.15, 0.2) is 11.7 Å². The molecular formula is C25H20ClF3N5O+. The number of nitrogens with one attached hydrogen (secondary N) is 1. The molecule has 1 atom stereocenters. The van der Waals surface area contributed by atoms with E-state index in [0.717, 1.165) is 15.8 Å². The van der Waals surface area contributed by atoms with Gasteiger partial charge in [-0.15, -0.1) is 0 Å². The zero-order chi connectivity index (χ0) is 24.7. The Morgan fingerprint density at radius 2 is 1.74 bits per heavy atom. The van der Waals surface area contributed by atoms with E-state index in [1.807, 2.05) is 60.7 Å². The molecular weight excluding hydrogens is 479 g/mol. The van der Waals surface area contributed by atoms with Crippen LogP contribution in [-0.4, -0.2) is 26.7 Å². The summed E-state index contributed by atoms with van der Waals surface area (Å²) in [5, 5.41) is 6.48. The molecule has 6 nitrogen and oxygen atoms in total. The Morgan fingerprint density at radius 1 is 1.09 bits per heavy atom. The second kappa shape index (κ2) is 8.81. The third-order valence-corrected chi connectivity index (χ3v) is 6.37. The highest BCUT2D eigenvalue weighted by atomic mass is 35.5. The molecule has 0 amide bonds. The first-order valence-electron chi connectivity index (χ1n) is 10.9. The van der Waals surface area contributed by atoms with Gasteiger partial charge >= 0.3 is 17.9 Å². The van der Waals surface area contributed by atoms with Gasteiger partial charge in [-0.2, -0.15) is 22.8 Å². The Balaban J connectivity index is 1.56. The van der Waals surface area contributed by atoms with Crippen LogP contribution in [0.15, 0.2) is 66.9 Å². The number of benzene rings is 2. The van der Waals surface area contributed by atoms with Crippen LogP contribution in [0.3, 0.4) is 0 Å². The van der Waals surface area contributed by atoms with E-state index in [9.17, 15) is 18.0 Å². The minimum Gasteiger partial charge on any atom is -0.258 e. The molecule has 0 saturated carbocycles. The van der Waals surface area contributed by atoms with E-state index >= 15 is 0 Å². The lowest BCUT2D eigenvalue weighted by Gasteiger charge is -2.08. The van der Waals surface area contributed by atoms with Crippen LogP contribution in [-0.2, 0) is 26.1 Å². The minimum atomic E-state index is -4.69. The van der Waals surface area contributed by atoms with Crippen LogP contribution >= 0.6 is 11.6 Å². The Labute approximate surface area is 204 Å². The van der Waals surface area contributed by atoms with Crippen molar-refractivity contribution < 1.29 is 22.5 Å². The molecule has 0 fully saturated rings. The maximum atomic E-state index is 13.6. The number of nitrogens with zero attached hydrogens (tertiary/aromatic N) is 4. The van der Waals surface area contributed by atoms with Gasteiger partial charge in [-0.1, -0.05) is 72.3 Å². The topological polar surface area (TPSA) is 63.7 Å². The summed E-state index contributed by atoms with van der Waals surface area (Å²) in [7, 11) is 1.34. The molecule has 1 aliphatic rings. The zero-order valence-corrected chi connectivity index (χ0v) is 19.3. The quantitative estimate of drug-likeness (QED) is 0.405. The second-order valence-electron chi connectivity index (χ2n) is 8.30. The molecule has 178 valence electrons. The zero-order valence-electron chi connectivity index (χ0n) is 18.6. The largest absolute Gasteiger partial charge is 0.435 e. The molecule has 1 N–H and O–H groups in total. The summed E-state index contributed by atoms with van der Waals surface area (Å²) in [6.45, 7) is 0. The number of rotatable bonds is 5. The Kier molecular flexibility index (Phi) is 5.80. The van der Waals surface area contributed by atoms with Crippen molar-refractivity contribution in [2.45, 2.75) is 25.1 Å². The normalized spacial score (nSPS) is 15.2. The first-order chi connectivity index (χ1) is 16.7. The van der Waals surface area contributed by atoms with E-state index < -0.39 is 17.9 Å². The molecule has 0 aliphatic carbocycles. The van der Waals surface area contributed by atoms with Crippen molar-refractivity contribution in [3.8, 4) is 11.3 Å². The molecule has 2 aromatic carbocycles. The van der Waals surface area contributed by atoms with Crippen LogP contribution in [0.4, 0.5) is 19.0 Å². The molecule has 1 aliphatic heterocycles. The Hall–Kier alpha value is -3.72. The van der Waals surface area contributed by atoms with Gasteiger partial charge in [0, 0.05) is 31.0 Å². The highest BCUT2D eigenvalue weighted by molar-refractivity contribution is 6.30. The van der Waals surface area contributed by atoms with E-state index in [0.29, 0.717) is 23.6 Å². The summed E-state index contributed by atoms with van der Waals surface area (Å²) in [5.74, 6) is 0.0686. The van der Waals surface area contributed by atoms with Gasteiger partial charge in [-0.05, 0) is 5.56 Å². The SMILES string of the molecule is Cn1nc(C(F)(F)F)c(CC2Nc3c(Cc4ccccc4)nc(-c4ccccc4)c[n+]3C2=O)c1Cl. The van der Waals surface area contributed by atoms with Crippen molar-refractivity contribution in [2.24, 2.45) is 7.05 Å². The fraction of sp³-hybridized carbons (Fsp3) is 0.200. The van der Waals surface area contributed by atoms with Crippen molar-refractivity contribution in [2.75, 3.05) is 5.32 Å². The molecule has 2 aromatic heterocycles. The van der Waals surface area contributed by atoms with Crippen LogP contribution in [0, 0.1) is 0 Å². The molecule has 0 bridgehead atoms. The van der Waals surface area contributed by atoms with Gasteiger partial charge in [0.1, 0.15) is 22.7 Å². The van der Waals surface area contributed by atoms with E-state index in [-0.39, 0.29) is 23.0 Å². The second-order valence-corrected chi connectivity index (χ2v) is 8.66. The lowest BCUT2D eigenvalue weighted by molar-refractivity contribution is -0.552. The van der Waals surface area contributed by atoms with Crippen LogP contribution in [0.5, 0.6) is 0 Å². The molecule has 3 heterocycles. The maximum Gasteiger partial charge on any atom is 0.435 e. The third kappa shape index (κ3) is 4.39. The molecule has 0 saturated heterocycles. The fourth-order valence-electron chi connectivity index (χ4n) is 4.23. The van der Waals surface area contributed by atoms with Crippen molar-refractivity contribution >= 4 is 23.3 Å². The number of halogens is 4. The highest BCUT2D eigenvalue weighted by Gasteiger charge is 2.45. The lowest BCUT2D eigenvalue weighted by atomic mass is 10.1. The number of hydrogen-bond donors (Lipinski definition) is 1. The number of carbonyl (C=O) groups is 1. The average Bonchev–Trinajstić information content (AvgIpc) is 3.32. The van der Waals surface area contributed by atoms with Gasteiger partial charge in [0.05, 0.1) is 0 Å². The summed E-state index contributed by atoms with van der Waals surface area (Å²) in [6, 6.07) is 18.1. The van der Waals surface area contributed by atoms with Crippen LogP contribution < -0.4 is 9.88 Å². The molecule has 10 heteroatoms. The van der Waals surface area contributed by atoms with Crippen LogP contribution in [0.1, 0.15) is 27.3 Å². The maximum absolute atomic E-state index is 13.6. The standard InChI is InChI=1S/C25H19ClF3N5O/c1-33-22(26)17(21(32-33)25(27,28)29)13-19-24(35)34-14-20(16-10-6-3-7-11-16)30-18(23(34)31-19)12-15-8-4-2-5-9-15/h2-11,14,19H,12-13H2,1H3/p+1. The first-order valence-corrected chi connectivity index (χ1v) is 11.2. The number of aryl methyl sites for hydroxylation is 1. The molecule has 4 aromatic rings. The number of alkyl halides is 3. The van der Waals surface area contributed by atoms with E-state index in [2.05, 4.69) is 10.4 Å². The van der Waals surface area contributed by atoms with Gasteiger partial charge in [0.25, 0.3) is 0 Å². The third-order valence-electron chi connectivity index (χ3n) is 5.90. The fourth-order valence-corrected chi connectivity index (χ4v) is 4.44. The molecule has 35 heavy (non-hydrogen) atoms. The first kappa shape index (κ1) is 23.0. The summed E-state index contributed by atoms with van der Waals surface area (Å²) in [6.07, 6.45) is -2.91. The van der Waals surface area contributed by atoms with Crippen molar-refractivity contribution in [1.82, 2.24) is 14.8 Å². The van der Waals surface area contributed by atoms with Crippen LogP contribution in [0.2, 0.25) is 5.15 Å². The van der Waals surface area contributed by atoms with Crippen molar-refractivity contribution in [1.29, 1.82) is 0 Å². The highest BCUT2D eigenvalue weighted by Crippen LogP contribution is 2.35. The predicted octanol–water partition coefficient (Wildman–Crippen LogP) is 4.71. The van der Waals surface area contributed by atoms with Gasteiger partial charge in [-0.3, -0.25) is 10.00 Å². The number of carbonyl (C=O) groups excluding carboxylic acids is 1. The average molecular weight is 499 g/mol. The molecule has 0 spiro atoms. The summed E-state index contributed by atoms with van der Waals surface area (Å²) in [5.41, 5.74) is 1.70. The van der Waals surface area contributed by atoms with E-state index in [1.54, 1.807) is 6.20 Å². The summed E-state index contributed by atoms with van der Waals surface area (Å²) < 4.78 is 43.1. The number of fused-ring (bicyclic) bond motifs is 1.